The van der Waals surface area contributed by atoms with Crippen molar-refractivity contribution in [3.63, 3.8) is 0 Å². The maximum Gasteiger partial charge on any atom is 0.224 e. The predicted molar refractivity (Wildman–Crippen MR) is 68.3 cm³/mol. The second-order valence-electron chi connectivity index (χ2n) is 4.36. The number of hydrogen-bond acceptors (Lipinski definition) is 1. The van der Waals surface area contributed by atoms with Crippen LogP contribution in [0.3, 0.4) is 0 Å². The molecule has 0 fully saturated rings. The molecule has 20 heavy (non-hydrogen) atoms. The molecular formula is C15H12F3NO. The van der Waals surface area contributed by atoms with E-state index in [4.69, 9.17) is 0 Å². The van der Waals surface area contributed by atoms with Crippen LogP contribution in [0.2, 0.25) is 0 Å². The van der Waals surface area contributed by atoms with E-state index < -0.39 is 11.6 Å². The Morgan fingerprint density at radius 2 is 1.45 bits per heavy atom. The summed E-state index contributed by atoms with van der Waals surface area (Å²) >= 11 is 0. The minimum Gasteiger partial charge on any atom is -0.352 e. The highest BCUT2D eigenvalue weighted by Crippen LogP contribution is 2.08. The number of halogens is 3. The van der Waals surface area contributed by atoms with Gasteiger partial charge in [-0.3, -0.25) is 4.79 Å². The van der Waals surface area contributed by atoms with Crippen molar-refractivity contribution in [3.8, 4) is 0 Å². The van der Waals surface area contributed by atoms with Crippen molar-refractivity contribution < 1.29 is 18.0 Å². The number of amides is 1. The molecule has 0 saturated heterocycles. The molecule has 0 unspecified atom stereocenters. The van der Waals surface area contributed by atoms with Gasteiger partial charge in [-0.25, -0.2) is 13.2 Å². The van der Waals surface area contributed by atoms with Gasteiger partial charge in [0.05, 0.1) is 6.42 Å². The minimum absolute atomic E-state index is 0.0364. The van der Waals surface area contributed by atoms with Crippen LogP contribution in [0.4, 0.5) is 13.2 Å². The predicted octanol–water partition coefficient (Wildman–Crippen LogP) is 2.96. The van der Waals surface area contributed by atoms with Crippen LogP contribution in [0.25, 0.3) is 0 Å². The second kappa shape index (κ2) is 6.23. The third kappa shape index (κ3) is 4.12. The van der Waals surface area contributed by atoms with Crippen molar-refractivity contribution in [2.75, 3.05) is 0 Å². The van der Waals surface area contributed by atoms with E-state index in [1.54, 1.807) is 0 Å². The van der Waals surface area contributed by atoms with Gasteiger partial charge in [0.2, 0.25) is 5.91 Å². The fourth-order valence-corrected chi connectivity index (χ4v) is 1.76. The lowest BCUT2D eigenvalue weighted by Gasteiger charge is -2.06. The van der Waals surface area contributed by atoms with E-state index in [0.29, 0.717) is 11.1 Å². The fourth-order valence-electron chi connectivity index (χ4n) is 1.76. The van der Waals surface area contributed by atoms with Crippen LogP contribution >= 0.6 is 0 Å². The quantitative estimate of drug-likeness (QED) is 0.916. The summed E-state index contributed by atoms with van der Waals surface area (Å²) in [5.74, 6) is -2.05. The molecule has 0 aromatic heterocycles. The Balaban J connectivity index is 1.90. The first-order valence-electron chi connectivity index (χ1n) is 5.99. The number of hydrogen-bond donors (Lipinski definition) is 1. The highest BCUT2D eigenvalue weighted by Gasteiger charge is 2.05. The zero-order valence-corrected chi connectivity index (χ0v) is 10.5. The Kier molecular flexibility index (Phi) is 4.40. The Hall–Kier alpha value is -2.30. The summed E-state index contributed by atoms with van der Waals surface area (Å²) in [6.07, 6.45) is 0.0814. The molecule has 2 rings (SSSR count). The topological polar surface area (TPSA) is 29.1 Å². The summed E-state index contributed by atoms with van der Waals surface area (Å²) in [5, 5.41) is 2.55. The summed E-state index contributed by atoms with van der Waals surface area (Å²) in [6, 6.07) is 8.63. The van der Waals surface area contributed by atoms with Gasteiger partial charge in [0.15, 0.2) is 0 Å². The van der Waals surface area contributed by atoms with E-state index >= 15 is 0 Å². The summed E-state index contributed by atoms with van der Waals surface area (Å²) in [4.78, 5) is 11.6. The first-order valence-corrected chi connectivity index (χ1v) is 5.99. The van der Waals surface area contributed by atoms with Gasteiger partial charge in [0.25, 0.3) is 0 Å². The molecule has 0 bridgehead atoms. The first-order chi connectivity index (χ1) is 9.52. The molecule has 0 atom stereocenters. The molecule has 2 aromatic rings. The molecule has 0 spiro atoms. The molecule has 2 aromatic carbocycles. The molecule has 0 aliphatic rings. The first kappa shape index (κ1) is 14.1. The lowest BCUT2D eigenvalue weighted by Crippen LogP contribution is -2.24. The SMILES string of the molecule is O=C(Cc1ccc(F)cc1)NCc1cc(F)cc(F)c1. The molecule has 0 saturated carbocycles. The van der Waals surface area contributed by atoms with Crippen LogP contribution in [0, 0.1) is 17.5 Å². The Labute approximate surface area is 114 Å². The van der Waals surface area contributed by atoms with E-state index in [1.807, 2.05) is 0 Å². The summed E-state index contributed by atoms with van der Waals surface area (Å²) < 4.78 is 38.6. The zero-order valence-electron chi connectivity index (χ0n) is 10.5. The Morgan fingerprint density at radius 1 is 0.850 bits per heavy atom. The molecular weight excluding hydrogens is 267 g/mol. The smallest absolute Gasteiger partial charge is 0.224 e. The third-order valence-corrected chi connectivity index (χ3v) is 2.69. The summed E-state index contributed by atoms with van der Waals surface area (Å²) in [6.45, 7) is 0.0364. The van der Waals surface area contributed by atoms with Gasteiger partial charge in [-0.15, -0.1) is 0 Å². The molecule has 0 radical (unpaired) electrons. The molecule has 1 N–H and O–H groups in total. The molecule has 104 valence electrons. The summed E-state index contributed by atoms with van der Waals surface area (Å²) in [7, 11) is 0. The standard InChI is InChI=1S/C15H12F3NO/c16-12-3-1-10(2-4-12)7-15(20)19-9-11-5-13(17)8-14(18)6-11/h1-6,8H,7,9H2,(H,19,20). The Morgan fingerprint density at radius 3 is 2.05 bits per heavy atom. The largest absolute Gasteiger partial charge is 0.352 e. The van der Waals surface area contributed by atoms with E-state index in [2.05, 4.69) is 5.32 Å². The number of carbonyl (C=O) groups is 1. The number of carbonyl (C=O) groups excluding carboxylic acids is 1. The molecule has 2 nitrogen and oxygen atoms in total. The highest BCUT2D eigenvalue weighted by molar-refractivity contribution is 5.78. The molecule has 0 aliphatic heterocycles. The molecule has 5 heteroatoms. The Bertz CT molecular complexity index is 591. The van der Waals surface area contributed by atoms with Gasteiger partial charge in [-0.05, 0) is 35.4 Å². The normalized spacial score (nSPS) is 10.3. The van der Waals surface area contributed by atoms with Crippen molar-refractivity contribution in [1.82, 2.24) is 5.32 Å². The van der Waals surface area contributed by atoms with Gasteiger partial charge in [0.1, 0.15) is 17.5 Å². The van der Waals surface area contributed by atoms with Gasteiger partial charge in [-0.2, -0.15) is 0 Å². The van der Waals surface area contributed by atoms with Crippen LogP contribution in [-0.4, -0.2) is 5.91 Å². The maximum absolute atomic E-state index is 12.9. The van der Waals surface area contributed by atoms with Crippen LogP contribution in [-0.2, 0) is 17.8 Å². The van der Waals surface area contributed by atoms with Crippen molar-refractivity contribution in [3.05, 3.63) is 71.0 Å². The van der Waals surface area contributed by atoms with Gasteiger partial charge < -0.3 is 5.32 Å². The fraction of sp³-hybridized carbons (Fsp3) is 0.133. The van der Waals surface area contributed by atoms with E-state index in [9.17, 15) is 18.0 Å². The van der Waals surface area contributed by atoms with E-state index in [1.165, 1.54) is 24.3 Å². The van der Waals surface area contributed by atoms with Crippen molar-refractivity contribution in [2.24, 2.45) is 0 Å². The average molecular weight is 279 g/mol. The van der Waals surface area contributed by atoms with Crippen LogP contribution in [0.1, 0.15) is 11.1 Å². The monoisotopic (exact) mass is 279 g/mol. The third-order valence-electron chi connectivity index (χ3n) is 2.69. The van der Waals surface area contributed by atoms with Gasteiger partial charge >= 0.3 is 0 Å². The zero-order chi connectivity index (χ0) is 14.5. The van der Waals surface area contributed by atoms with Crippen LogP contribution in [0.5, 0.6) is 0 Å². The number of rotatable bonds is 4. The van der Waals surface area contributed by atoms with Crippen molar-refractivity contribution in [2.45, 2.75) is 13.0 Å². The van der Waals surface area contributed by atoms with E-state index in [-0.39, 0.29) is 24.7 Å². The average Bonchev–Trinajstić information content (AvgIpc) is 2.38. The van der Waals surface area contributed by atoms with Crippen LogP contribution in [0.15, 0.2) is 42.5 Å². The van der Waals surface area contributed by atoms with Gasteiger partial charge in [0, 0.05) is 12.6 Å². The number of benzene rings is 2. The van der Waals surface area contributed by atoms with Crippen molar-refractivity contribution >= 4 is 5.91 Å². The maximum atomic E-state index is 12.9. The number of nitrogens with one attached hydrogen (secondary N) is 1. The van der Waals surface area contributed by atoms with Gasteiger partial charge in [-0.1, -0.05) is 12.1 Å². The molecule has 0 heterocycles. The lowest BCUT2D eigenvalue weighted by atomic mass is 10.1. The minimum atomic E-state index is -0.687. The molecule has 1 amide bonds. The molecule has 0 aliphatic carbocycles. The van der Waals surface area contributed by atoms with E-state index in [0.717, 1.165) is 18.2 Å². The summed E-state index contributed by atoms with van der Waals surface area (Å²) in [5.41, 5.74) is 1.00. The second-order valence-corrected chi connectivity index (χ2v) is 4.36. The lowest BCUT2D eigenvalue weighted by molar-refractivity contribution is -0.120. The van der Waals surface area contributed by atoms with Crippen LogP contribution < -0.4 is 5.32 Å². The van der Waals surface area contributed by atoms with Crippen molar-refractivity contribution in [1.29, 1.82) is 0 Å². The highest BCUT2D eigenvalue weighted by atomic mass is 19.1.